The minimum atomic E-state index is -4.52. The molecule has 118 valence electrons. The van der Waals surface area contributed by atoms with Crippen molar-refractivity contribution < 1.29 is 18.0 Å². The number of aromatic nitrogens is 2. The van der Waals surface area contributed by atoms with Crippen molar-refractivity contribution in [3.05, 3.63) is 40.3 Å². The minimum Gasteiger partial charge on any atom is -0.348 e. The van der Waals surface area contributed by atoms with Gasteiger partial charge in [0, 0.05) is 11.1 Å². The molecule has 0 aromatic carbocycles. The fraction of sp³-hybridized carbons (Fsp3) is 0.308. The minimum absolute atomic E-state index is 0.0446. The third-order valence-corrected chi connectivity index (χ3v) is 4.52. The SMILES string of the molecule is CC(NC(=O)CSc1nccc(C(F)(F)F)n1)c1cccs1. The number of thiophene rings is 1. The van der Waals surface area contributed by atoms with E-state index in [-0.39, 0.29) is 22.9 Å². The van der Waals surface area contributed by atoms with Gasteiger partial charge in [-0.05, 0) is 24.4 Å². The highest BCUT2D eigenvalue weighted by molar-refractivity contribution is 7.99. The lowest BCUT2D eigenvalue weighted by molar-refractivity contribution is -0.141. The topological polar surface area (TPSA) is 54.9 Å². The summed E-state index contributed by atoms with van der Waals surface area (Å²) in [6.07, 6.45) is -3.49. The van der Waals surface area contributed by atoms with Crippen LogP contribution in [0.4, 0.5) is 13.2 Å². The zero-order valence-corrected chi connectivity index (χ0v) is 13.1. The molecule has 4 nitrogen and oxygen atoms in total. The summed E-state index contributed by atoms with van der Waals surface area (Å²) in [6.45, 7) is 1.84. The first-order chi connectivity index (χ1) is 10.4. The van der Waals surface area contributed by atoms with E-state index < -0.39 is 11.9 Å². The first kappa shape index (κ1) is 16.8. The molecule has 0 radical (unpaired) electrons. The van der Waals surface area contributed by atoms with E-state index in [1.165, 1.54) is 11.3 Å². The fourth-order valence-electron chi connectivity index (χ4n) is 1.59. The van der Waals surface area contributed by atoms with Gasteiger partial charge in [0.15, 0.2) is 5.16 Å². The number of carbonyl (C=O) groups is 1. The largest absolute Gasteiger partial charge is 0.433 e. The average molecular weight is 347 g/mol. The van der Waals surface area contributed by atoms with E-state index in [0.29, 0.717) is 0 Å². The molecule has 1 unspecified atom stereocenters. The molecule has 0 aliphatic heterocycles. The Morgan fingerprint density at radius 2 is 2.23 bits per heavy atom. The average Bonchev–Trinajstić information content (AvgIpc) is 2.99. The molecule has 1 atom stereocenters. The van der Waals surface area contributed by atoms with Crippen molar-refractivity contribution >= 4 is 29.0 Å². The Morgan fingerprint density at radius 3 is 2.86 bits per heavy atom. The van der Waals surface area contributed by atoms with E-state index >= 15 is 0 Å². The van der Waals surface area contributed by atoms with E-state index in [9.17, 15) is 18.0 Å². The quantitative estimate of drug-likeness (QED) is 0.664. The van der Waals surface area contributed by atoms with Gasteiger partial charge in [-0.1, -0.05) is 17.8 Å². The molecule has 0 aliphatic carbocycles. The smallest absolute Gasteiger partial charge is 0.348 e. The molecule has 0 saturated carbocycles. The normalized spacial score (nSPS) is 12.9. The summed E-state index contributed by atoms with van der Waals surface area (Å²) >= 11 is 2.39. The van der Waals surface area contributed by atoms with Gasteiger partial charge in [0.05, 0.1) is 11.8 Å². The zero-order valence-electron chi connectivity index (χ0n) is 11.4. The van der Waals surface area contributed by atoms with Gasteiger partial charge in [-0.3, -0.25) is 4.79 Å². The second-order valence-corrected chi connectivity index (χ2v) is 6.24. The molecule has 0 bridgehead atoms. The van der Waals surface area contributed by atoms with Crippen LogP contribution in [0.25, 0.3) is 0 Å². The number of carbonyl (C=O) groups excluding carboxylic acids is 1. The van der Waals surface area contributed by atoms with Crippen molar-refractivity contribution in [3.8, 4) is 0 Å². The lowest BCUT2D eigenvalue weighted by atomic mass is 10.3. The van der Waals surface area contributed by atoms with Gasteiger partial charge >= 0.3 is 6.18 Å². The molecular weight excluding hydrogens is 335 g/mol. The number of nitrogens with one attached hydrogen (secondary N) is 1. The van der Waals surface area contributed by atoms with Crippen molar-refractivity contribution in [2.75, 3.05) is 5.75 Å². The van der Waals surface area contributed by atoms with Crippen LogP contribution in [-0.2, 0) is 11.0 Å². The molecule has 2 aromatic heterocycles. The predicted octanol–water partition coefficient (Wildman–Crippen LogP) is 3.53. The third kappa shape index (κ3) is 4.70. The second-order valence-electron chi connectivity index (χ2n) is 4.32. The Bertz CT molecular complexity index is 632. The highest BCUT2D eigenvalue weighted by Crippen LogP contribution is 2.28. The van der Waals surface area contributed by atoms with Gasteiger partial charge in [0.2, 0.25) is 5.91 Å². The van der Waals surface area contributed by atoms with Crippen molar-refractivity contribution in [2.45, 2.75) is 24.3 Å². The summed E-state index contributed by atoms with van der Waals surface area (Å²) in [6, 6.07) is 4.44. The van der Waals surface area contributed by atoms with E-state index in [0.717, 1.165) is 28.9 Å². The Morgan fingerprint density at radius 1 is 1.45 bits per heavy atom. The van der Waals surface area contributed by atoms with Crippen LogP contribution in [-0.4, -0.2) is 21.6 Å². The number of halogens is 3. The molecule has 2 aromatic rings. The molecule has 0 saturated heterocycles. The molecule has 2 heterocycles. The van der Waals surface area contributed by atoms with Crippen molar-refractivity contribution in [1.82, 2.24) is 15.3 Å². The highest BCUT2D eigenvalue weighted by Gasteiger charge is 2.32. The Balaban J connectivity index is 1.89. The summed E-state index contributed by atoms with van der Waals surface area (Å²) in [4.78, 5) is 19.9. The second kappa shape index (κ2) is 7.10. The van der Waals surface area contributed by atoms with Gasteiger partial charge in [0.25, 0.3) is 0 Å². The monoisotopic (exact) mass is 347 g/mol. The molecule has 0 fully saturated rings. The third-order valence-electron chi connectivity index (χ3n) is 2.60. The number of rotatable bonds is 5. The van der Waals surface area contributed by atoms with Crippen molar-refractivity contribution in [2.24, 2.45) is 0 Å². The molecule has 22 heavy (non-hydrogen) atoms. The van der Waals surface area contributed by atoms with Crippen LogP contribution in [0.3, 0.4) is 0 Å². The van der Waals surface area contributed by atoms with Crippen LogP contribution in [0.2, 0.25) is 0 Å². The summed E-state index contributed by atoms with van der Waals surface area (Å²) in [5.41, 5.74) is -1.02. The summed E-state index contributed by atoms with van der Waals surface area (Å²) in [5.74, 6) is -0.330. The van der Waals surface area contributed by atoms with Crippen LogP contribution in [0.1, 0.15) is 23.5 Å². The lowest BCUT2D eigenvalue weighted by Crippen LogP contribution is -2.27. The molecule has 0 aliphatic rings. The first-order valence-electron chi connectivity index (χ1n) is 6.22. The van der Waals surface area contributed by atoms with Gasteiger partial charge in [-0.25, -0.2) is 9.97 Å². The lowest BCUT2D eigenvalue weighted by Gasteiger charge is -2.11. The van der Waals surface area contributed by atoms with Crippen LogP contribution in [0, 0.1) is 0 Å². The number of amides is 1. The molecular formula is C13H12F3N3OS2. The summed E-state index contributed by atoms with van der Waals surface area (Å²) in [5, 5.41) is 4.60. The fourth-order valence-corrected chi connectivity index (χ4v) is 2.97. The van der Waals surface area contributed by atoms with Crippen LogP contribution >= 0.6 is 23.1 Å². The van der Waals surface area contributed by atoms with Crippen molar-refractivity contribution in [1.29, 1.82) is 0 Å². The summed E-state index contributed by atoms with van der Waals surface area (Å²) in [7, 11) is 0. The molecule has 1 amide bonds. The van der Waals surface area contributed by atoms with E-state index in [2.05, 4.69) is 15.3 Å². The number of thioether (sulfide) groups is 1. The maximum atomic E-state index is 12.5. The first-order valence-corrected chi connectivity index (χ1v) is 8.08. The van der Waals surface area contributed by atoms with Crippen LogP contribution in [0.5, 0.6) is 0 Å². The molecule has 0 spiro atoms. The maximum absolute atomic E-state index is 12.5. The van der Waals surface area contributed by atoms with E-state index in [4.69, 9.17) is 0 Å². The van der Waals surface area contributed by atoms with E-state index in [1.54, 1.807) is 0 Å². The number of hydrogen-bond acceptors (Lipinski definition) is 5. The Hall–Kier alpha value is -1.61. The van der Waals surface area contributed by atoms with Gasteiger partial charge in [-0.2, -0.15) is 13.2 Å². The van der Waals surface area contributed by atoms with Gasteiger partial charge in [-0.15, -0.1) is 11.3 Å². The Kier molecular flexibility index (Phi) is 5.41. The molecule has 2 rings (SSSR count). The standard InChI is InChI=1S/C13H12F3N3OS2/c1-8(9-3-2-6-21-9)18-11(20)7-22-12-17-5-4-10(19-12)13(14,15)16/h2-6,8H,7H2,1H3,(H,18,20). The Labute approximate surface area is 133 Å². The van der Waals surface area contributed by atoms with E-state index in [1.807, 2.05) is 24.4 Å². The number of nitrogens with zero attached hydrogens (tertiary/aromatic N) is 2. The van der Waals surface area contributed by atoms with Crippen LogP contribution < -0.4 is 5.32 Å². The van der Waals surface area contributed by atoms with Crippen LogP contribution in [0.15, 0.2) is 34.9 Å². The zero-order chi connectivity index (χ0) is 16.2. The van der Waals surface area contributed by atoms with Gasteiger partial charge in [0.1, 0.15) is 5.69 Å². The highest BCUT2D eigenvalue weighted by atomic mass is 32.2. The predicted molar refractivity (Wildman–Crippen MR) is 78.6 cm³/mol. The number of hydrogen-bond donors (Lipinski definition) is 1. The van der Waals surface area contributed by atoms with Gasteiger partial charge < -0.3 is 5.32 Å². The number of alkyl halides is 3. The molecule has 1 N–H and O–H groups in total. The maximum Gasteiger partial charge on any atom is 0.433 e. The van der Waals surface area contributed by atoms with Crippen molar-refractivity contribution in [3.63, 3.8) is 0 Å². The summed E-state index contributed by atoms with van der Waals surface area (Å²) < 4.78 is 37.6. The molecule has 9 heteroatoms.